The van der Waals surface area contributed by atoms with Crippen molar-refractivity contribution < 1.29 is 4.79 Å². The van der Waals surface area contributed by atoms with Crippen LogP contribution in [0.3, 0.4) is 0 Å². The van der Waals surface area contributed by atoms with Crippen LogP contribution in [0.2, 0.25) is 0 Å². The fraction of sp³-hybridized carbons (Fsp3) is 0.190. The third-order valence-corrected chi connectivity index (χ3v) is 5.17. The summed E-state index contributed by atoms with van der Waals surface area (Å²) < 4.78 is 3.88. The number of aromatic nitrogens is 6. The van der Waals surface area contributed by atoms with Crippen molar-refractivity contribution in [1.82, 2.24) is 34.4 Å². The van der Waals surface area contributed by atoms with E-state index in [-0.39, 0.29) is 11.9 Å². The highest BCUT2D eigenvalue weighted by molar-refractivity contribution is 5.97. The van der Waals surface area contributed by atoms with Crippen molar-refractivity contribution in [3.05, 3.63) is 78.6 Å². The molecule has 5 rings (SSSR count). The molecule has 0 unspecified atom stereocenters. The molecule has 144 valence electrons. The summed E-state index contributed by atoms with van der Waals surface area (Å²) in [4.78, 5) is 15.2. The van der Waals surface area contributed by atoms with Gasteiger partial charge in [-0.1, -0.05) is 42.5 Å². The Balaban J connectivity index is 1.47. The van der Waals surface area contributed by atoms with Gasteiger partial charge in [0.1, 0.15) is 12.7 Å². The van der Waals surface area contributed by atoms with E-state index in [4.69, 9.17) is 0 Å². The van der Waals surface area contributed by atoms with Crippen LogP contribution in [0.1, 0.15) is 29.1 Å². The van der Waals surface area contributed by atoms with Crippen LogP contribution in [0.25, 0.3) is 17.1 Å². The van der Waals surface area contributed by atoms with Crippen molar-refractivity contribution in [2.24, 2.45) is 0 Å². The van der Waals surface area contributed by atoms with E-state index in [1.807, 2.05) is 59.5 Å². The SMILES string of the molecule is C[C@H]1CN(C(=O)c2ccccc2-n2cnnc2)Cc2nnc(-c3ccccc3)n21. The van der Waals surface area contributed by atoms with Gasteiger partial charge in [0.15, 0.2) is 11.6 Å². The van der Waals surface area contributed by atoms with Gasteiger partial charge in [0.05, 0.1) is 23.8 Å². The molecule has 1 aliphatic heterocycles. The molecule has 2 aromatic carbocycles. The summed E-state index contributed by atoms with van der Waals surface area (Å²) in [5.74, 6) is 1.58. The van der Waals surface area contributed by atoms with Crippen LogP contribution in [-0.4, -0.2) is 46.9 Å². The molecule has 4 aromatic rings. The van der Waals surface area contributed by atoms with Gasteiger partial charge in [-0.3, -0.25) is 9.36 Å². The first-order chi connectivity index (χ1) is 14.2. The molecule has 8 nitrogen and oxygen atoms in total. The number of carbonyl (C=O) groups excluding carboxylic acids is 1. The summed E-state index contributed by atoms with van der Waals surface area (Å²) in [6, 6.07) is 17.6. The quantitative estimate of drug-likeness (QED) is 0.542. The highest BCUT2D eigenvalue weighted by atomic mass is 16.2. The average molecular weight is 385 g/mol. The molecule has 0 saturated heterocycles. The summed E-state index contributed by atoms with van der Waals surface area (Å²) in [7, 11) is 0. The number of nitrogens with zero attached hydrogens (tertiary/aromatic N) is 7. The maximum absolute atomic E-state index is 13.4. The number of carbonyl (C=O) groups is 1. The predicted molar refractivity (Wildman–Crippen MR) is 106 cm³/mol. The minimum atomic E-state index is -0.0448. The largest absolute Gasteiger partial charge is 0.329 e. The van der Waals surface area contributed by atoms with Crippen LogP contribution in [-0.2, 0) is 6.54 Å². The molecule has 3 heterocycles. The molecule has 0 aliphatic carbocycles. The van der Waals surface area contributed by atoms with Crippen LogP contribution < -0.4 is 0 Å². The Morgan fingerprint density at radius 1 is 0.966 bits per heavy atom. The van der Waals surface area contributed by atoms with Crippen molar-refractivity contribution in [2.45, 2.75) is 19.5 Å². The Labute approximate surface area is 167 Å². The van der Waals surface area contributed by atoms with Crippen LogP contribution in [0.5, 0.6) is 0 Å². The lowest BCUT2D eigenvalue weighted by Crippen LogP contribution is -2.40. The Morgan fingerprint density at radius 3 is 2.48 bits per heavy atom. The molecule has 0 saturated carbocycles. The molecule has 0 bridgehead atoms. The summed E-state index contributed by atoms with van der Waals surface area (Å²) in [6.45, 7) is 3.09. The van der Waals surface area contributed by atoms with Gasteiger partial charge >= 0.3 is 0 Å². The monoisotopic (exact) mass is 385 g/mol. The van der Waals surface area contributed by atoms with Crippen molar-refractivity contribution in [2.75, 3.05) is 6.54 Å². The molecule has 0 radical (unpaired) electrons. The summed E-state index contributed by atoms with van der Waals surface area (Å²) >= 11 is 0. The first kappa shape index (κ1) is 17.3. The fourth-order valence-corrected chi connectivity index (χ4v) is 3.84. The molecule has 1 atom stereocenters. The number of benzene rings is 2. The van der Waals surface area contributed by atoms with Crippen LogP contribution in [0, 0.1) is 0 Å². The zero-order chi connectivity index (χ0) is 19.8. The van der Waals surface area contributed by atoms with E-state index in [1.54, 1.807) is 17.2 Å². The fourth-order valence-electron chi connectivity index (χ4n) is 3.84. The predicted octanol–water partition coefficient (Wildman–Crippen LogP) is 2.74. The number of hydrogen-bond acceptors (Lipinski definition) is 5. The molecule has 0 N–H and O–H groups in total. The Morgan fingerprint density at radius 2 is 1.69 bits per heavy atom. The average Bonchev–Trinajstić information content (AvgIpc) is 3.44. The van der Waals surface area contributed by atoms with Gasteiger partial charge in [-0.25, -0.2) is 0 Å². The lowest BCUT2D eigenvalue weighted by atomic mass is 10.1. The van der Waals surface area contributed by atoms with E-state index in [0.717, 1.165) is 22.9 Å². The topological polar surface area (TPSA) is 81.7 Å². The van der Waals surface area contributed by atoms with E-state index >= 15 is 0 Å². The molecular weight excluding hydrogens is 366 g/mol. The Hall–Kier alpha value is -3.81. The maximum Gasteiger partial charge on any atom is 0.256 e. The molecular formula is C21H19N7O. The van der Waals surface area contributed by atoms with Crippen molar-refractivity contribution in [1.29, 1.82) is 0 Å². The second-order valence-electron chi connectivity index (χ2n) is 7.10. The molecule has 29 heavy (non-hydrogen) atoms. The van der Waals surface area contributed by atoms with Crippen LogP contribution >= 0.6 is 0 Å². The standard InChI is InChI=1S/C21H19N7O/c1-15-11-26(12-19-24-25-20(28(15)19)16-7-3-2-4-8-16)21(29)17-9-5-6-10-18(17)27-13-22-23-14-27/h2-10,13-15H,11-12H2,1H3/t15-/m0/s1. The van der Waals surface area contributed by atoms with E-state index in [9.17, 15) is 4.79 Å². The Kier molecular flexibility index (Phi) is 4.16. The summed E-state index contributed by atoms with van der Waals surface area (Å²) in [6.07, 6.45) is 3.18. The number of fused-ring (bicyclic) bond motifs is 1. The van der Waals surface area contributed by atoms with Gasteiger partial charge in [0.25, 0.3) is 5.91 Å². The smallest absolute Gasteiger partial charge is 0.256 e. The van der Waals surface area contributed by atoms with Gasteiger partial charge in [-0.05, 0) is 19.1 Å². The summed E-state index contributed by atoms with van der Waals surface area (Å²) in [5, 5.41) is 16.5. The number of rotatable bonds is 3. The lowest BCUT2D eigenvalue weighted by Gasteiger charge is -2.33. The van der Waals surface area contributed by atoms with Gasteiger partial charge in [-0.2, -0.15) is 0 Å². The molecule has 0 fully saturated rings. The van der Waals surface area contributed by atoms with Gasteiger partial charge in [0, 0.05) is 12.1 Å². The second-order valence-corrected chi connectivity index (χ2v) is 7.10. The number of hydrogen-bond donors (Lipinski definition) is 0. The zero-order valence-corrected chi connectivity index (χ0v) is 15.9. The minimum Gasteiger partial charge on any atom is -0.329 e. The van der Waals surface area contributed by atoms with Gasteiger partial charge in [-0.15, -0.1) is 20.4 Å². The van der Waals surface area contributed by atoms with Crippen LogP contribution in [0.4, 0.5) is 0 Å². The molecule has 8 heteroatoms. The number of para-hydroxylation sites is 1. The normalized spacial score (nSPS) is 15.9. The molecule has 0 spiro atoms. The molecule has 1 amide bonds. The zero-order valence-electron chi connectivity index (χ0n) is 15.9. The second kappa shape index (κ2) is 6.97. The number of amides is 1. The minimum absolute atomic E-state index is 0.0448. The van der Waals surface area contributed by atoms with Gasteiger partial charge < -0.3 is 9.47 Å². The lowest BCUT2D eigenvalue weighted by molar-refractivity contribution is 0.0682. The molecule has 1 aliphatic rings. The van der Waals surface area contributed by atoms with Crippen molar-refractivity contribution >= 4 is 5.91 Å². The van der Waals surface area contributed by atoms with E-state index < -0.39 is 0 Å². The van der Waals surface area contributed by atoms with Crippen molar-refractivity contribution in [3.63, 3.8) is 0 Å². The van der Waals surface area contributed by atoms with E-state index in [1.165, 1.54) is 0 Å². The van der Waals surface area contributed by atoms with E-state index in [0.29, 0.717) is 18.7 Å². The third kappa shape index (κ3) is 2.98. The first-order valence-electron chi connectivity index (χ1n) is 9.45. The third-order valence-electron chi connectivity index (χ3n) is 5.17. The van der Waals surface area contributed by atoms with Gasteiger partial charge in [0.2, 0.25) is 0 Å². The first-order valence-corrected chi connectivity index (χ1v) is 9.45. The highest BCUT2D eigenvalue weighted by Gasteiger charge is 2.31. The van der Waals surface area contributed by atoms with Crippen molar-refractivity contribution in [3.8, 4) is 17.1 Å². The summed E-state index contributed by atoms with van der Waals surface area (Å²) in [5.41, 5.74) is 2.39. The van der Waals surface area contributed by atoms with Crippen LogP contribution in [0.15, 0.2) is 67.3 Å². The molecule has 2 aromatic heterocycles. The highest BCUT2D eigenvalue weighted by Crippen LogP contribution is 2.28. The van der Waals surface area contributed by atoms with E-state index in [2.05, 4.69) is 31.9 Å². The maximum atomic E-state index is 13.4. The Bertz CT molecular complexity index is 1150.